The molecule has 0 atom stereocenters. The average Bonchev–Trinajstić information content (AvgIpc) is 2.15. The van der Waals surface area contributed by atoms with Gasteiger partial charge in [0.1, 0.15) is 18.1 Å². The van der Waals surface area contributed by atoms with E-state index in [1.807, 2.05) is 0 Å². The van der Waals surface area contributed by atoms with Crippen molar-refractivity contribution in [1.29, 1.82) is 0 Å². The molecule has 1 aliphatic heterocycles. The van der Waals surface area contributed by atoms with Crippen molar-refractivity contribution in [3.63, 3.8) is 0 Å². The van der Waals surface area contributed by atoms with Gasteiger partial charge in [-0.05, 0) is 12.1 Å². The topological polar surface area (TPSA) is 30.5 Å². The van der Waals surface area contributed by atoms with Gasteiger partial charge in [-0.25, -0.2) is 0 Å². The van der Waals surface area contributed by atoms with Crippen LogP contribution in [-0.4, -0.2) is 19.5 Å². The maximum Gasteiger partial charge on any atom is 0.573 e. The molecule has 0 spiro atoms. The highest BCUT2D eigenvalue weighted by Crippen LogP contribution is 2.33. The second-order valence-corrected chi connectivity index (χ2v) is 2.98. The van der Waals surface area contributed by atoms with Crippen molar-refractivity contribution in [3.05, 3.63) is 18.2 Å². The second kappa shape index (κ2) is 3.52. The lowest BCUT2D eigenvalue weighted by Crippen LogP contribution is -2.19. The number of rotatable bonds is 1. The third-order valence-electron chi connectivity index (χ3n) is 1.86. The Balaban J connectivity index is 2.21. The fourth-order valence-corrected chi connectivity index (χ4v) is 1.31. The average molecular weight is 219 g/mol. The Bertz CT molecular complexity index is 365. The Morgan fingerprint density at radius 2 is 2.13 bits per heavy atom. The number of alkyl halides is 3. The summed E-state index contributed by atoms with van der Waals surface area (Å²) in [4.78, 5) is 0. The highest BCUT2D eigenvalue weighted by Gasteiger charge is 2.31. The van der Waals surface area contributed by atoms with Crippen molar-refractivity contribution in [2.24, 2.45) is 0 Å². The van der Waals surface area contributed by atoms with E-state index in [-0.39, 0.29) is 5.75 Å². The van der Waals surface area contributed by atoms with E-state index in [1.54, 1.807) is 0 Å². The summed E-state index contributed by atoms with van der Waals surface area (Å²) in [5, 5.41) is 2.99. The van der Waals surface area contributed by atoms with Gasteiger partial charge in [0.15, 0.2) is 0 Å². The zero-order valence-corrected chi connectivity index (χ0v) is 7.60. The van der Waals surface area contributed by atoms with E-state index >= 15 is 0 Å². The highest BCUT2D eigenvalue weighted by molar-refractivity contribution is 5.60. The molecule has 0 amide bonds. The normalized spacial score (nSPS) is 14.9. The summed E-state index contributed by atoms with van der Waals surface area (Å²) in [6.07, 6.45) is -4.67. The van der Waals surface area contributed by atoms with Crippen LogP contribution in [0.15, 0.2) is 18.2 Å². The first-order valence-corrected chi connectivity index (χ1v) is 4.31. The summed E-state index contributed by atoms with van der Waals surface area (Å²) < 4.78 is 44.6. The van der Waals surface area contributed by atoms with Gasteiger partial charge in [0.05, 0.1) is 5.69 Å². The minimum absolute atomic E-state index is 0.273. The van der Waals surface area contributed by atoms with E-state index in [0.29, 0.717) is 24.6 Å². The minimum atomic E-state index is -4.67. The van der Waals surface area contributed by atoms with Crippen LogP contribution >= 0.6 is 0 Å². The van der Waals surface area contributed by atoms with Crippen LogP contribution < -0.4 is 14.8 Å². The maximum absolute atomic E-state index is 11.9. The molecule has 0 saturated carbocycles. The van der Waals surface area contributed by atoms with Crippen molar-refractivity contribution in [2.75, 3.05) is 18.5 Å². The Hall–Kier alpha value is -1.59. The molecular formula is C9H8F3NO2. The molecule has 1 aromatic rings. The maximum atomic E-state index is 11.9. The SMILES string of the molecule is FC(F)(F)Oc1ccc2c(c1)OCCN2. The van der Waals surface area contributed by atoms with Crippen molar-refractivity contribution in [1.82, 2.24) is 0 Å². The summed E-state index contributed by atoms with van der Waals surface area (Å²) in [6.45, 7) is 1.08. The number of hydrogen-bond donors (Lipinski definition) is 1. The van der Waals surface area contributed by atoms with Gasteiger partial charge < -0.3 is 14.8 Å². The molecule has 1 N–H and O–H groups in total. The number of halogens is 3. The van der Waals surface area contributed by atoms with E-state index in [4.69, 9.17) is 4.74 Å². The zero-order valence-electron chi connectivity index (χ0n) is 7.60. The zero-order chi connectivity index (χ0) is 10.9. The molecule has 82 valence electrons. The van der Waals surface area contributed by atoms with Crippen LogP contribution in [0.2, 0.25) is 0 Å². The predicted molar refractivity (Wildman–Crippen MR) is 47.1 cm³/mol. The highest BCUT2D eigenvalue weighted by atomic mass is 19.4. The van der Waals surface area contributed by atoms with Crippen molar-refractivity contribution < 1.29 is 22.6 Å². The first kappa shape index (κ1) is 9.95. The molecule has 1 aromatic carbocycles. The summed E-state index contributed by atoms with van der Waals surface area (Å²) in [5.74, 6) is 0.105. The monoisotopic (exact) mass is 219 g/mol. The van der Waals surface area contributed by atoms with Gasteiger partial charge in [-0.15, -0.1) is 13.2 Å². The quantitative estimate of drug-likeness (QED) is 0.786. The fourth-order valence-electron chi connectivity index (χ4n) is 1.31. The van der Waals surface area contributed by atoms with E-state index < -0.39 is 6.36 Å². The first-order chi connectivity index (χ1) is 7.04. The van der Waals surface area contributed by atoms with Crippen LogP contribution in [0.5, 0.6) is 11.5 Å². The van der Waals surface area contributed by atoms with Crippen LogP contribution in [0.25, 0.3) is 0 Å². The van der Waals surface area contributed by atoms with Crippen molar-refractivity contribution in [3.8, 4) is 11.5 Å². The molecule has 3 nitrogen and oxygen atoms in total. The van der Waals surface area contributed by atoms with E-state index in [9.17, 15) is 13.2 Å². The van der Waals surface area contributed by atoms with Gasteiger partial charge in [-0.1, -0.05) is 0 Å². The smallest absolute Gasteiger partial charge is 0.489 e. The Kier molecular flexibility index (Phi) is 2.34. The predicted octanol–water partition coefficient (Wildman–Crippen LogP) is 2.39. The molecule has 0 aromatic heterocycles. The Morgan fingerprint density at radius 3 is 2.87 bits per heavy atom. The van der Waals surface area contributed by atoms with E-state index in [0.717, 1.165) is 0 Å². The number of nitrogens with one attached hydrogen (secondary N) is 1. The lowest BCUT2D eigenvalue weighted by Gasteiger charge is -2.19. The van der Waals surface area contributed by atoms with Gasteiger partial charge in [-0.3, -0.25) is 0 Å². The molecule has 1 aliphatic rings. The number of hydrogen-bond acceptors (Lipinski definition) is 3. The van der Waals surface area contributed by atoms with Crippen molar-refractivity contribution in [2.45, 2.75) is 6.36 Å². The molecule has 6 heteroatoms. The Labute approximate surface area is 83.8 Å². The summed E-state index contributed by atoms with van der Waals surface area (Å²) in [7, 11) is 0. The molecule has 0 aliphatic carbocycles. The van der Waals surface area contributed by atoms with Gasteiger partial charge in [0.25, 0.3) is 0 Å². The van der Waals surface area contributed by atoms with Crippen molar-refractivity contribution >= 4 is 5.69 Å². The third kappa shape index (κ3) is 2.45. The van der Waals surface area contributed by atoms with E-state index in [1.165, 1.54) is 18.2 Å². The number of benzene rings is 1. The molecule has 0 unspecified atom stereocenters. The summed E-state index contributed by atoms with van der Waals surface area (Å²) >= 11 is 0. The first-order valence-electron chi connectivity index (χ1n) is 4.31. The van der Waals surface area contributed by atoms with Crippen LogP contribution in [0.4, 0.5) is 18.9 Å². The van der Waals surface area contributed by atoms with Crippen LogP contribution in [0, 0.1) is 0 Å². The number of ether oxygens (including phenoxy) is 2. The third-order valence-corrected chi connectivity index (χ3v) is 1.86. The largest absolute Gasteiger partial charge is 0.573 e. The molecular weight excluding hydrogens is 211 g/mol. The Morgan fingerprint density at radius 1 is 1.33 bits per heavy atom. The lowest BCUT2D eigenvalue weighted by atomic mass is 10.2. The van der Waals surface area contributed by atoms with Gasteiger partial charge in [0, 0.05) is 12.6 Å². The summed E-state index contributed by atoms with van der Waals surface area (Å²) in [5.41, 5.74) is 0.677. The molecule has 0 saturated heterocycles. The van der Waals surface area contributed by atoms with Gasteiger partial charge in [-0.2, -0.15) is 0 Å². The molecule has 0 fully saturated rings. The summed E-state index contributed by atoms with van der Waals surface area (Å²) in [6, 6.07) is 3.96. The minimum Gasteiger partial charge on any atom is -0.489 e. The van der Waals surface area contributed by atoms with Crippen LogP contribution in [0.1, 0.15) is 0 Å². The van der Waals surface area contributed by atoms with E-state index in [2.05, 4.69) is 10.1 Å². The molecule has 0 radical (unpaired) electrons. The van der Waals surface area contributed by atoms with Gasteiger partial charge in [0.2, 0.25) is 0 Å². The lowest BCUT2D eigenvalue weighted by molar-refractivity contribution is -0.274. The number of fused-ring (bicyclic) bond motifs is 1. The number of anilines is 1. The second-order valence-electron chi connectivity index (χ2n) is 2.98. The molecule has 2 rings (SSSR count). The molecule has 0 bridgehead atoms. The van der Waals surface area contributed by atoms with Gasteiger partial charge >= 0.3 is 6.36 Å². The molecule has 1 heterocycles. The fraction of sp³-hybridized carbons (Fsp3) is 0.333. The van der Waals surface area contributed by atoms with Crippen LogP contribution in [0.3, 0.4) is 0 Å². The molecule has 15 heavy (non-hydrogen) atoms. The van der Waals surface area contributed by atoms with Crippen LogP contribution in [-0.2, 0) is 0 Å². The standard InChI is InChI=1S/C9H8F3NO2/c10-9(11,12)15-6-1-2-7-8(5-6)14-4-3-13-7/h1-2,5,13H,3-4H2.